The Bertz CT molecular complexity index is 760. The van der Waals surface area contributed by atoms with E-state index in [9.17, 15) is 4.79 Å². The molecule has 0 heterocycles. The number of esters is 1. The Kier molecular flexibility index (Phi) is 7.41. The minimum atomic E-state index is -0.321. The molecule has 0 saturated carbocycles. The van der Waals surface area contributed by atoms with Crippen LogP contribution in [-0.4, -0.2) is 24.3 Å². The third-order valence-electron chi connectivity index (χ3n) is 3.67. The van der Waals surface area contributed by atoms with Gasteiger partial charge in [0.05, 0.1) is 18.8 Å². The van der Waals surface area contributed by atoms with Gasteiger partial charge in [-0.25, -0.2) is 4.79 Å². The second-order valence-corrected chi connectivity index (χ2v) is 6.04. The van der Waals surface area contributed by atoms with Crippen molar-refractivity contribution in [3.8, 4) is 5.75 Å². The van der Waals surface area contributed by atoms with Gasteiger partial charge in [-0.2, -0.15) is 0 Å². The first-order valence-corrected chi connectivity index (χ1v) is 8.98. The van der Waals surface area contributed by atoms with Crippen LogP contribution in [0.5, 0.6) is 5.75 Å². The molecule has 5 nitrogen and oxygen atoms in total. The van der Waals surface area contributed by atoms with Crippen molar-refractivity contribution in [3.05, 3.63) is 59.2 Å². The lowest BCUT2D eigenvalue weighted by molar-refractivity contribution is 0.0526. The van der Waals surface area contributed by atoms with E-state index in [1.165, 1.54) is 0 Å². The monoisotopic (exact) mass is 372 g/mol. The summed E-state index contributed by atoms with van der Waals surface area (Å²) >= 11 is 5.35. The van der Waals surface area contributed by atoms with Gasteiger partial charge in [0.1, 0.15) is 5.75 Å². The van der Waals surface area contributed by atoms with E-state index in [-0.39, 0.29) is 5.97 Å². The van der Waals surface area contributed by atoms with Gasteiger partial charge in [-0.05, 0) is 74.4 Å². The van der Waals surface area contributed by atoms with Gasteiger partial charge in [0, 0.05) is 12.2 Å². The molecule has 2 rings (SSSR count). The summed E-state index contributed by atoms with van der Waals surface area (Å²) in [5, 5.41) is 6.84. The van der Waals surface area contributed by atoms with Crippen LogP contribution < -0.4 is 15.4 Å². The molecule has 138 valence electrons. The number of anilines is 1. The first-order chi connectivity index (χ1) is 12.5. The second-order valence-electron chi connectivity index (χ2n) is 5.63. The van der Waals surface area contributed by atoms with E-state index in [4.69, 9.17) is 21.7 Å². The maximum atomic E-state index is 11.8. The lowest BCUT2D eigenvalue weighted by atomic mass is 10.1. The van der Waals surface area contributed by atoms with E-state index < -0.39 is 0 Å². The van der Waals surface area contributed by atoms with Gasteiger partial charge in [-0.3, -0.25) is 0 Å². The van der Waals surface area contributed by atoms with Gasteiger partial charge < -0.3 is 20.1 Å². The van der Waals surface area contributed by atoms with Crippen molar-refractivity contribution in [3.63, 3.8) is 0 Å². The third-order valence-corrected chi connectivity index (χ3v) is 3.92. The molecule has 0 unspecified atom stereocenters. The highest BCUT2D eigenvalue weighted by atomic mass is 32.1. The summed E-state index contributed by atoms with van der Waals surface area (Å²) in [6.07, 6.45) is 0. The van der Waals surface area contributed by atoms with Crippen LogP contribution in [0.1, 0.15) is 35.3 Å². The van der Waals surface area contributed by atoms with Crippen LogP contribution >= 0.6 is 12.2 Å². The third kappa shape index (κ3) is 5.74. The Morgan fingerprint density at radius 2 is 1.81 bits per heavy atom. The van der Waals surface area contributed by atoms with Crippen LogP contribution in [0.25, 0.3) is 0 Å². The van der Waals surface area contributed by atoms with Crippen molar-refractivity contribution in [1.82, 2.24) is 5.32 Å². The van der Waals surface area contributed by atoms with Gasteiger partial charge in [-0.1, -0.05) is 12.1 Å². The number of thiocarbonyl (C=S) groups is 1. The van der Waals surface area contributed by atoms with Crippen molar-refractivity contribution in [2.45, 2.75) is 27.3 Å². The lowest BCUT2D eigenvalue weighted by Crippen LogP contribution is -2.28. The van der Waals surface area contributed by atoms with E-state index in [1.54, 1.807) is 19.1 Å². The predicted octanol–water partition coefficient (Wildman–Crippen LogP) is 4.06. The minimum absolute atomic E-state index is 0.321. The largest absolute Gasteiger partial charge is 0.494 e. The number of aryl methyl sites for hydroxylation is 1. The number of hydrogen-bond acceptors (Lipinski definition) is 4. The minimum Gasteiger partial charge on any atom is -0.494 e. The fraction of sp³-hybridized carbons (Fsp3) is 0.300. The zero-order valence-electron chi connectivity index (χ0n) is 15.3. The van der Waals surface area contributed by atoms with Crippen molar-refractivity contribution in [1.29, 1.82) is 0 Å². The van der Waals surface area contributed by atoms with Crippen molar-refractivity contribution in [2.24, 2.45) is 0 Å². The summed E-state index contributed by atoms with van der Waals surface area (Å²) in [6.45, 7) is 7.28. The molecule has 0 aliphatic rings. The van der Waals surface area contributed by atoms with Crippen LogP contribution in [0.3, 0.4) is 0 Å². The standard InChI is InChI=1S/C20H24N2O3S/c1-4-24-17-9-6-15(7-10-17)13-21-20(26)22-18-11-8-16(12-14(18)3)19(23)25-5-2/h6-12H,4-5,13H2,1-3H3,(H2,21,22,26). The van der Waals surface area contributed by atoms with E-state index in [2.05, 4.69) is 10.6 Å². The maximum absolute atomic E-state index is 11.8. The fourth-order valence-corrected chi connectivity index (χ4v) is 2.55. The Morgan fingerprint density at radius 1 is 1.08 bits per heavy atom. The molecule has 6 heteroatoms. The summed E-state index contributed by atoms with van der Waals surface area (Å²) in [6, 6.07) is 13.2. The Balaban J connectivity index is 1.90. The quantitative estimate of drug-likeness (QED) is 0.565. The summed E-state index contributed by atoms with van der Waals surface area (Å²) in [5.41, 5.74) is 3.40. The number of carbonyl (C=O) groups excluding carboxylic acids is 1. The lowest BCUT2D eigenvalue weighted by Gasteiger charge is -2.13. The zero-order chi connectivity index (χ0) is 18.9. The van der Waals surface area contributed by atoms with Crippen molar-refractivity contribution < 1.29 is 14.3 Å². The first-order valence-electron chi connectivity index (χ1n) is 8.57. The number of hydrogen-bond donors (Lipinski definition) is 2. The second kappa shape index (κ2) is 9.77. The molecule has 0 amide bonds. The molecule has 0 aliphatic carbocycles. The summed E-state index contributed by atoms with van der Waals surface area (Å²) in [4.78, 5) is 11.8. The molecule has 0 radical (unpaired) electrons. The van der Waals surface area contributed by atoms with E-state index in [1.807, 2.05) is 44.2 Å². The molecule has 0 aromatic heterocycles. The Hall–Kier alpha value is -2.60. The number of carbonyl (C=O) groups is 1. The smallest absolute Gasteiger partial charge is 0.338 e. The van der Waals surface area contributed by atoms with Gasteiger partial charge in [0.25, 0.3) is 0 Å². The molecule has 0 saturated heterocycles. The summed E-state index contributed by atoms with van der Waals surface area (Å²) in [7, 11) is 0. The summed E-state index contributed by atoms with van der Waals surface area (Å²) in [5.74, 6) is 0.535. The summed E-state index contributed by atoms with van der Waals surface area (Å²) < 4.78 is 10.4. The maximum Gasteiger partial charge on any atom is 0.338 e. The SMILES string of the molecule is CCOC(=O)c1ccc(NC(=S)NCc2ccc(OCC)cc2)c(C)c1. The zero-order valence-corrected chi connectivity index (χ0v) is 16.1. The Morgan fingerprint density at radius 3 is 2.42 bits per heavy atom. The van der Waals surface area contributed by atoms with Crippen LogP contribution in [0.2, 0.25) is 0 Å². The van der Waals surface area contributed by atoms with E-state index >= 15 is 0 Å². The molecular weight excluding hydrogens is 348 g/mol. The van der Waals surface area contributed by atoms with Gasteiger partial charge in [-0.15, -0.1) is 0 Å². The molecule has 0 bridgehead atoms. The van der Waals surface area contributed by atoms with E-state index in [0.29, 0.717) is 30.4 Å². The highest BCUT2D eigenvalue weighted by molar-refractivity contribution is 7.80. The molecule has 0 atom stereocenters. The fourth-order valence-electron chi connectivity index (χ4n) is 2.36. The molecule has 26 heavy (non-hydrogen) atoms. The van der Waals surface area contributed by atoms with Crippen LogP contribution in [0.4, 0.5) is 5.69 Å². The van der Waals surface area contributed by atoms with Gasteiger partial charge in [0.15, 0.2) is 5.11 Å². The highest BCUT2D eigenvalue weighted by Crippen LogP contribution is 2.17. The highest BCUT2D eigenvalue weighted by Gasteiger charge is 2.09. The predicted molar refractivity (Wildman–Crippen MR) is 108 cm³/mol. The first kappa shape index (κ1) is 19.7. The molecule has 2 aromatic rings. The van der Waals surface area contributed by atoms with Crippen LogP contribution in [-0.2, 0) is 11.3 Å². The molecule has 0 aliphatic heterocycles. The molecule has 2 aromatic carbocycles. The van der Waals surface area contributed by atoms with E-state index in [0.717, 1.165) is 22.6 Å². The number of rotatable bonds is 7. The van der Waals surface area contributed by atoms with Crippen LogP contribution in [0, 0.1) is 6.92 Å². The molecule has 0 spiro atoms. The number of benzene rings is 2. The molecular formula is C20H24N2O3S. The Labute approximate surface area is 159 Å². The molecule has 2 N–H and O–H groups in total. The van der Waals surface area contributed by atoms with Crippen LogP contribution in [0.15, 0.2) is 42.5 Å². The van der Waals surface area contributed by atoms with Crippen molar-refractivity contribution >= 4 is 29.0 Å². The normalized spacial score (nSPS) is 10.1. The van der Waals surface area contributed by atoms with Crippen molar-refractivity contribution in [2.75, 3.05) is 18.5 Å². The average Bonchev–Trinajstić information content (AvgIpc) is 2.63. The number of ether oxygens (including phenoxy) is 2. The average molecular weight is 372 g/mol. The topological polar surface area (TPSA) is 59.6 Å². The van der Waals surface area contributed by atoms with Gasteiger partial charge in [0.2, 0.25) is 0 Å². The number of nitrogens with one attached hydrogen (secondary N) is 2. The molecule has 0 fully saturated rings. The van der Waals surface area contributed by atoms with Gasteiger partial charge >= 0.3 is 5.97 Å².